The molecule has 0 rings (SSSR count). The predicted octanol–water partition coefficient (Wildman–Crippen LogP) is 1.22. The minimum atomic E-state index is -2.34. The summed E-state index contributed by atoms with van der Waals surface area (Å²) in [4.78, 5) is 0. The molecule has 5 nitrogen and oxygen atoms in total. The molecule has 0 saturated carbocycles. The number of aliphatic hydroxyl groups is 2. The monoisotopic (exact) mass is 225 g/mol. The van der Waals surface area contributed by atoms with Crippen LogP contribution >= 0.6 is 8.25 Å². The number of hydrogen-bond donors (Lipinski definition) is 2. The Kier molecular flexibility index (Phi) is 5.12. The molecule has 0 radical (unpaired) electrons. The second kappa shape index (κ2) is 5.14. The molecule has 0 bridgehead atoms. The van der Waals surface area contributed by atoms with E-state index in [0.29, 0.717) is 0 Å². The Bertz CT molecular complexity index is 182. The molecule has 2 N–H and O–H groups in total. The molecule has 0 spiro atoms. The molecule has 0 saturated heterocycles. The molecule has 0 aliphatic carbocycles. The first-order chi connectivity index (χ1) is 6.22. The second-order valence-corrected chi connectivity index (χ2v) is 5.05. The van der Waals surface area contributed by atoms with Crippen molar-refractivity contribution in [3.63, 3.8) is 0 Å². The van der Waals surface area contributed by atoms with Crippen LogP contribution in [0.5, 0.6) is 0 Å². The summed E-state index contributed by atoms with van der Waals surface area (Å²) in [6.07, 6.45) is 0. The van der Waals surface area contributed by atoms with Crippen LogP contribution in [-0.4, -0.2) is 34.6 Å². The molecule has 0 aromatic heterocycles. The third-order valence-electron chi connectivity index (χ3n) is 1.40. The highest BCUT2D eigenvalue weighted by Crippen LogP contribution is 2.35. The van der Waals surface area contributed by atoms with Gasteiger partial charge in [-0.05, 0) is 27.7 Å². The van der Waals surface area contributed by atoms with Crippen LogP contribution in [0.15, 0.2) is 0 Å². The van der Waals surface area contributed by atoms with Gasteiger partial charge in [-0.2, -0.15) is 0 Å². The van der Waals surface area contributed by atoms with Crippen LogP contribution in [0.2, 0.25) is 0 Å². The first-order valence-corrected chi connectivity index (χ1v) is 5.39. The Labute approximate surface area is 85.0 Å². The van der Waals surface area contributed by atoms with E-state index in [9.17, 15) is 4.57 Å². The van der Waals surface area contributed by atoms with Crippen LogP contribution in [0, 0.1) is 0 Å². The molecule has 14 heavy (non-hydrogen) atoms. The molecule has 0 amide bonds. The van der Waals surface area contributed by atoms with Gasteiger partial charge in [0, 0.05) is 4.57 Å². The zero-order valence-corrected chi connectivity index (χ0v) is 9.88. The van der Waals surface area contributed by atoms with Crippen LogP contribution in [0.1, 0.15) is 27.7 Å². The first-order valence-electron chi connectivity index (χ1n) is 4.30. The summed E-state index contributed by atoms with van der Waals surface area (Å²) >= 11 is 0. The lowest BCUT2D eigenvalue weighted by molar-refractivity contribution is -0.00583. The van der Waals surface area contributed by atoms with E-state index in [1.807, 2.05) is 0 Å². The van der Waals surface area contributed by atoms with Crippen LogP contribution in [0.3, 0.4) is 0 Å². The third kappa shape index (κ3) is 5.62. The van der Waals surface area contributed by atoms with Gasteiger partial charge in [0.1, 0.15) is 11.2 Å². The molecule has 84 valence electrons. The van der Waals surface area contributed by atoms with Crippen molar-refractivity contribution in [3.8, 4) is 0 Å². The van der Waals surface area contributed by atoms with Crippen molar-refractivity contribution >= 4 is 8.25 Å². The topological polar surface area (TPSA) is 76.0 Å². The van der Waals surface area contributed by atoms with Gasteiger partial charge in [0.05, 0.1) is 13.2 Å². The highest BCUT2D eigenvalue weighted by Gasteiger charge is 2.39. The van der Waals surface area contributed by atoms with Gasteiger partial charge in [-0.15, -0.1) is 9.05 Å². The lowest BCUT2D eigenvalue weighted by Crippen LogP contribution is -2.30. The summed E-state index contributed by atoms with van der Waals surface area (Å²) in [5, 5.41) is 17.7. The summed E-state index contributed by atoms with van der Waals surface area (Å²) in [6.45, 7) is 5.87. The quantitative estimate of drug-likeness (QED) is 0.664. The van der Waals surface area contributed by atoms with Crippen LogP contribution in [0.4, 0.5) is 0 Å². The van der Waals surface area contributed by atoms with Crippen LogP contribution in [-0.2, 0) is 13.6 Å². The van der Waals surface area contributed by atoms with E-state index in [4.69, 9.17) is 19.3 Å². The molecule has 6 heteroatoms. The van der Waals surface area contributed by atoms with Crippen molar-refractivity contribution in [1.82, 2.24) is 0 Å². The maximum Gasteiger partial charge on any atom is 0.698 e. The predicted molar refractivity (Wildman–Crippen MR) is 52.1 cm³/mol. The molecule has 0 atom stereocenters. The molecule has 0 aromatic carbocycles. The van der Waals surface area contributed by atoms with Crippen molar-refractivity contribution in [2.24, 2.45) is 0 Å². The van der Waals surface area contributed by atoms with E-state index in [-0.39, 0.29) is 13.2 Å². The molecular formula is C8H18O5P+. The van der Waals surface area contributed by atoms with E-state index in [1.54, 1.807) is 27.7 Å². The number of rotatable bonds is 6. The van der Waals surface area contributed by atoms with Gasteiger partial charge < -0.3 is 10.2 Å². The van der Waals surface area contributed by atoms with E-state index >= 15 is 0 Å². The van der Waals surface area contributed by atoms with Gasteiger partial charge in [0.25, 0.3) is 0 Å². The highest BCUT2D eigenvalue weighted by molar-refractivity contribution is 7.33. The molecule has 0 aliphatic heterocycles. The van der Waals surface area contributed by atoms with Crippen molar-refractivity contribution in [2.75, 3.05) is 13.2 Å². The Morgan fingerprint density at radius 2 is 1.29 bits per heavy atom. The maximum absolute atomic E-state index is 11.3. The summed E-state index contributed by atoms with van der Waals surface area (Å²) < 4.78 is 21.2. The van der Waals surface area contributed by atoms with E-state index in [1.165, 1.54) is 0 Å². The lowest BCUT2D eigenvalue weighted by atomic mass is 10.2. The van der Waals surface area contributed by atoms with Gasteiger partial charge in [0.15, 0.2) is 0 Å². The Balaban J connectivity index is 4.12. The third-order valence-corrected chi connectivity index (χ3v) is 2.69. The number of aliphatic hydroxyl groups excluding tert-OH is 2. The lowest BCUT2D eigenvalue weighted by Gasteiger charge is -2.16. The maximum atomic E-state index is 11.3. The Hall–Kier alpha value is -0.0600. The van der Waals surface area contributed by atoms with Gasteiger partial charge >= 0.3 is 8.25 Å². The first kappa shape index (κ1) is 13.9. The molecule has 0 heterocycles. The number of hydrogen-bond acceptors (Lipinski definition) is 5. The fraction of sp³-hybridized carbons (Fsp3) is 1.00. The van der Waals surface area contributed by atoms with Crippen molar-refractivity contribution in [1.29, 1.82) is 0 Å². The van der Waals surface area contributed by atoms with Crippen molar-refractivity contribution < 1.29 is 23.8 Å². The standard InChI is InChI=1S/C8H18O5P/c1-7(2,5-9)12-14(11)13-8(3,4)6-10/h9-10H,5-6H2,1-4H3/q+1. The SMILES string of the molecule is CC(C)(CO)O[P+](=O)OC(C)(C)CO. The largest absolute Gasteiger partial charge is 0.698 e. The van der Waals surface area contributed by atoms with Gasteiger partial charge in [-0.25, -0.2) is 0 Å². The summed E-state index contributed by atoms with van der Waals surface area (Å²) in [5.74, 6) is 0. The fourth-order valence-corrected chi connectivity index (χ4v) is 1.44. The van der Waals surface area contributed by atoms with Crippen LogP contribution in [0.25, 0.3) is 0 Å². The fourth-order valence-electron chi connectivity index (χ4n) is 0.480. The van der Waals surface area contributed by atoms with Crippen molar-refractivity contribution in [3.05, 3.63) is 0 Å². The molecule has 0 unspecified atom stereocenters. The molecule has 0 aromatic rings. The normalized spacial score (nSPS) is 13.0. The van der Waals surface area contributed by atoms with E-state index in [0.717, 1.165) is 0 Å². The minimum absolute atomic E-state index is 0.253. The van der Waals surface area contributed by atoms with E-state index in [2.05, 4.69) is 0 Å². The van der Waals surface area contributed by atoms with Gasteiger partial charge in [0.2, 0.25) is 0 Å². The van der Waals surface area contributed by atoms with Gasteiger partial charge in [-0.1, -0.05) is 0 Å². The van der Waals surface area contributed by atoms with E-state index < -0.39 is 19.5 Å². The molecule has 0 fully saturated rings. The van der Waals surface area contributed by atoms with Crippen LogP contribution < -0.4 is 0 Å². The summed E-state index contributed by atoms with van der Waals surface area (Å²) in [6, 6.07) is 0. The van der Waals surface area contributed by atoms with Crippen molar-refractivity contribution in [2.45, 2.75) is 38.9 Å². The Morgan fingerprint density at radius 3 is 1.50 bits per heavy atom. The zero-order valence-electron chi connectivity index (χ0n) is 8.98. The average molecular weight is 225 g/mol. The minimum Gasteiger partial charge on any atom is -0.393 e. The summed E-state index contributed by atoms with van der Waals surface area (Å²) in [5.41, 5.74) is -1.81. The second-order valence-electron chi connectivity index (χ2n) is 4.24. The summed E-state index contributed by atoms with van der Waals surface area (Å²) in [7, 11) is -2.34. The average Bonchev–Trinajstić information content (AvgIpc) is 2.02. The molecule has 0 aliphatic rings. The smallest absolute Gasteiger partial charge is 0.393 e. The Morgan fingerprint density at radius 1 is 1.00 bits per heavy atom. The zero-order chi connectivity index (χ0) is 11.4. The molecular weight excluding hydrogens is 207 g/mol. The van der Waals surface area contributed by atoms with Gasteiger partial charge in [-0.3, -0.25) is 0 Å². The highest BCUT2D eigenvalue weighted by atomic mass is 31.1.